The molecule has 1 unspecified atom stereocenters. The van der Waals surface area contributed by atoms with Crippen LogP contribution in [0.15, 0.2) is 73.4 Å². The summed E-state index contributed by atoms with van der Waals surface area (Å²) in [4.78, 5) is 0. The topological polar surface area (TPSA) is 69.7 Å². The third-order valence-electron chi connectivity index (χ3n) is 3.23. The molecule has 2 aromatic carbocycles. The summed E-state index contributed by atoms with van der Waals surface area (Å²) in [6, 6.07) is 15.1. The molecule has 0 amide bonds. The van der Waals surface area contributed by atoms with Crippen molar-refractivity contribution in [2.45, 2.75) is 12.5 Å². The molecule has 6 heteroatoms. The second-order valence-corrected chi connectivity index (χ2v) is 5.73. The van der Waals surface area contributed by atoms with Crippen LogP contribution < -0.4 is 0 Å². The molecule has 0 saturated carbocycles. The summed E-state index contributed by atoms with van der Waals surface area (Å²) in [5.41, 5.74) is 1.71. The molecule has 1 heterocycles. The summed E-state index contributed by atoms with van der Waals surface area (Å²) in [5.74, 6) is 0.738. The Morgan fingerprint density at radius 2 is 2.00 bits per heavy atom. The molecule has 1 atom stereocenters. The van der Waals surface area contributed by atoms with Gasteiger partial charge in [0.25, 0.3) is 0 Å². The van der Waals surface area contributed by atoms with E-state index in [1.165, 1.54) is 6.21 Å². The molecule has 5 nitrogen and oxygen atoms in total. The quantitative estimate of drug-likeness (QED) is 0.638. The number of hydrogen-bond donors (Lipinski definition) is 1. The molecule has 0 bridgehead atoms. The van der Waals surface area contributed by atoms with Gasteiger partial charge in [-0.15, -0.1) is 10.2 Å². The van der Waals surface area contributed by atoms with E-state index < -0.39 is 0 Å². The average Bonchev–Trinajstić information content (AvgIpc) is 3.00. The Hall–Kier alpha value is -2.34. The van der Waals surface area contributed by atoms with Crippen LogP contribution in [0.1, 0.15) is 23.6 Å². The summed E-state index contributed by atoms with van der Waals surface area (Å²) in [6.45, 7) is 0. The van der Waals surface area contributed by atoms with Gasteiger partial charge < -0.3 is 5.11 Å². The highest BCUT2D eigenvalue weighted by molar-refractivity contribution is 9.10. The number of aromatic hydroxyl groups is 1. The van der Waals surface area contributed by atoms with E-state index in [9.17, 15) is 5.11 Å². The molecule has 2 aromatic rings. The zero-order valence-corrected chi connectivity index (χ0v) is 13.2. The van der Waals surface area contributed by atoms with Crippen LogP contribution >= 0.6 is 15.9 Å². The molecule has 110 valence electrons. The summed E-state index contributed by atoms with van der Waals surface area (Å²) < 4.78 is 0.865. The van der Waals surface area contributed by atoms with Gasteiger partial charge in [-0.05, 0) is 23.8 Å². The van der Waals surface area contributed by atoms with Crippen LogP contribution in [0.2, 0.25) is 0 Å². The fraction of sp³-hybridized carbons (Fsp3) is 0.125. The van der Waals surface area contributed by atoms with Gasteiger partial charge in [-0.2, -0.15) is 10.2 Å². The first-order valence-corrected chi connectivity index (χ1v) is 7.56. The van der Waals surface area contributed by atoms with Crippen molar-refractivity contribution >= 4 is 28.0 Å². The Bertz CT molecular complexity index is 756. The van der Waals surface area contributed by atoms with Gasteiger partial charge in [0.15, 0.2) is 5.84 Å². The van der Waals surface area contributed by atoms with Crippen molar-refractivity contribution in [1.29, 1.82) is 0 Å². The van der Waals surface area contributed by atoms with Crippen LogP contribution in [-0.2, 0) is 0 Å². The van der Waals surface area contributed by atoms with Crippen LogP contribution in [0.3, 0.4) is 0 Å². The van der Waals surface area contributed by atoms with Crippen molar-refractivity contribution in [3.05, 3.63) is 64.1 Å². The number of rotatable bonds is 3. The highest BCUT2D eigenvalue weighted by atomic mass is 79.9. The number of phenols is 1. The second-order valence-electron chi connectivity index (χ2n) is 4.81. The standard InChI is InChI=1S/C16H13BrN4O/c17-13-6-7-15(22)12(8-13)10-18-20-16-9-14(19-21-16)11-4-2-1-3-5-11/h1-8,10,14,22H,9H2/b18-10+,20-16-. The van der Waals surface area contributed by atoms with Crippen LogP contribution in [0, 0.1) is 0 Å². The van der Waals surface area contributed by atoms with Crippen molar-refractivity contribution in [3.63, 3.8) is 0 Å². The third kappa shape index (κ3) is 3.46. The van der Waals surface area contributed by atoms with E-state index in [0.717, 1.165) is 10.0 Å². The van der Waals surface area contributed by atoms with Gasteiger partial charge in [0.1, 0.15) is 11.8 Å². The number of azo groups is 1. The van der Waals surface area contributed by atoms with E-state index >= 15 is 0 Å². The van der Waals surface area contributed by atoms with Crippen LogP contribution in [0.5, 0.6) is 5.75 Å². The smallest absolute Gasteiger partial charge is 0.175 e. The van der Waals surface area contributed by atoms with Crippen LogP contribution in [0.25, 0.3) is 0 Å². The number of phenolic OH excluding ortho intramolecular Hbond substituents is 1. The largest absolute Gasteiger partial charge is 0.507 e. The lowest BCUT2D eigenvalue weighted by Gasteiger charge is -2.03. The zero-order chi connectivity index (χ0) is 15.4. The van der Waals surface area contributed by atoms with Gasteiger partial charge in [-0.3, -0.25) is 0 Å². The molecule has 1 aliphatic rings. The molecule has 1 N–H and O–H groups in total. The molecule has 1 aliphatic heterocycles. The Morgan fingerprint density at radius 3 is 2.82 bits per heavy atom. The van der Waals surface area contributed by atoms with Gasteiger partial charge >= 0.3 is 0 Å². The Kier molecular flexibility index (Phi) is 4.39. The first kappa shape index (κ1) is 14.6. The van der Waals surface area contributed by atoms with Gasteiger partial charge in [-0.25, -0.2) is 0 Å². The molecule has 0 saturated heterocycles. The fourth-order valence-corrected chi connectivity index (χ4v) is 2.48. The lowest BCUT2D eigenvalue weighted by Crippen LogP contribution is -1.95. The van der Waals surface area contributed by atoms with Gasteiger partial charge in [0, 0.05) is 16.5 Å². The van der Waals surface area contributed by atoms with Crippen LogP contribution in [-0.4, -0.2) is 17.2 Å². The summed E-state index contributed by atoms with van der Waals surface area (Å²) in [5, 5.41) is 26.0. The Labute approximate surface area is 136 Å². The van der Waals surface area contributed by atoms with Crippen molar-refractivity contribution in [3.8, 4) is 5.75 Å². The number of nitrogens with zero attached hydrogens (tertiary/aromatic N) is 4. The van der Waals surface area contributed by atoms with Crippen molar-refractivity contribution < 1.29 is 5.11 Å². The first-order chi connectivity index (χ1) is 10.7. The monoisotopic (exact) mass is 356 g/mol. The normalized spacial score (nSPS) is 19.3. The predicted molar refractivity (Wildman–Crippen MR) is 89.5 cm³/mol. The average molecular weight is 357 g/mol. The fourth-order valence-electron chi connectivity index (χ4n) is 2.10. The maximum absolute atomic E-state index is 9.72. The van der Waals surface area contributed by atoms with Crippen LogP contribution in [0.4, 0.5) is 0 Å². The van der Waals surface area contributed by atoms with E-state index in [4.69, 9.17) is 0 Å². The first-order valence-electron chi connectivity index (χ1n) is 6.76. The highest BCUT2D eigenvalue weighted by Crippen LogP contribution is 2.27. The molecule has 0 aliphatic carbocycles. The SMILES string of the molecule is Oc1ccc(Br)cc1/C=N/N=C1/CC(c2ccccc2)N=N1. The maximum Gasteiger partial charge on any atom is 0.175 e. The van der Waals surface area contributed by atoms with E-state index in [1.807, 2.05) is 30.3 Å². The van der Waals surface area contributed by atoms with Gasteiger partial charge in [0.05, 0.1) is 6.21 Å². The van der Waals surface area contributed by atoms with Crippen molar-refractivity contribution in [1.82, 2.24) is 0 Å². The minimum absolute atomic E-state index is 0.00872. The highest BCUT2D eigenvalue weighted by Gasteiger charge is 2.19. The third-order valence-corrected chi connectivity index (χ3v) is 3.73. The van der Waals surface area contributed by atoms with E-state index in [1.54, 1.807) is 18.2 Å². The number of amidine groups is 1. The van der Waals surface area contributed by atoms with Gasteiger partial charge in [0.2, 0.25) is 0 Å². The van der Waals surface area contributed by atoms with Crippen molar-refractivity contribution in [2.75, 3.05) is 0 Å². The predicted octanol–water partition coefficient (Wildman–Crippen LogP) is 4.48. The van der Waals surface area contributed by atoms with E-state index in [0.29, 0.717) is 17.8 Å². The Balaban J connectivity index is 1.69. The molecule has 0 fully saturated rings. The molecule has 0 radical (unpaired) electrons. The molecule has 0 spiro atoms. The minimum atomic E-state index is 0.00872. The van der Waals surface area contributed by atoms with E-state index in [-0.39, 0.29) is 11.8 Å². The summed E-state index contributed by atoms with van der Waals surface area (Å²) >= 11 is 3.35. The lowest BCUT2D eigenvalue weighted by atomic mass is 10.1. The zero-order valence-electron chi connectivity index (χ0n) is 11.6. The Morgan fingerprint density at radius 1 is 1.18 bits per heavy atom. The minimum Gasteiger partial charge on any atom is -0.507 e. The summed E-state index contributed by atoms with van der Waals surface area (Å²) in [6.07, 6.45) is 2.13. The van der Waals surface area contributed by atoms with Gasteiger partial charge in [-0.1, -0.05) is 46.3 Å². The summed E-state index contributed by atoms with van der Waals surface area (Å²) in [7, 11) is 0. The van der Waals surface area contributed by atoms with E-state index in [2.05, 4.69) is 36.4 Å². The molecule has 22 heavy (non-hydrogen) atoms. The number of benzene rings is 2. The number of hydrogen-bond acceptors (Lipinski definition) is 4. The lowest BCUT2D eigenvalue weighted by molar-refractivity contribution is 0.474. The molecular formula is C16H13BrN4O. The number of halogens is 1. The molecule has 0 aromatic heterocycles. The second kappa shape index (κ2) is 6.62. The van der Waals surface area contributed by atoms with Crippen molar-refractivity contribution in [2.24, 2.45) is 20.4 Å². The molecule has 3 rings (SSSR count). The maximum atomic E-state index is 9.72. The molecular weight excluding hydrogens is 344 g/mol.